The maximum atomic E-state index is 12.5. The summed E-state index contributed by atoms with van der Waals surface area (Å²) in [5, 5.41) is 6.48. The van der Waals surface area contributed by atoms with Crippen molar-refractivity contribution in [1.29, 1.82) is 0 Å². The smallest absolute Gasteiger partial charge is 0.319 e. The van der Waals surface area contributed by atoms with Crippen LogP contribution in [0.3, 0.4) is 0 Å². The van der Waals surface area contributed by atoms with Crippen molar-refractivity contribution >= 4 is 46.4 Å². The molecule has 0 aliphatic heterocycles. The molecule has 2 aromatic heterocycles. The minimum Gasteiger partial charge on any atom is -0.337 e. The Balaban J connectivity index is 1.25. The van der Waals surface area contributed by atoms with Gasteiger partial charge in [-0.15, -0.1) is 11.8 Å². The summed E-state index contributed by atoms with van der Waals surface area (Å²) in [5.41, 5.74) is 3.30. The van der Waals surface area contributed by atoms with E-state index in [0.29, 0.717) is 29.2 Å². The zero-order valence-electron chi connectivity index (χ0n) is 17.6. The minimum absolute atomic E-state index is 0.160. The number of fused-ring (bicyclic) bond motifs is 1. The van der Waals surface area contributed by atoms with Crippen LogP contribution < -0.4 is 10.6 Å². The van der Waals surface area contributed by atoms with Gasteiger partial charge in [0.15, 0.2) is 5.78 Å². The number of anilines is 1. The number of hydrogen-bond donors (Lipinski definition) is 2. The Hall–Kier alpha value is -4.04. The van der Waals surface area contributed by atoms with Gasteiger partial charge < -0.3 is 10.6 Å². The number of rotatable bonds is 8. The van der Waals surface area contributed by atoms with E-state index >= 15 is 0 Å². The fourth-order valence-electron chi connectivity index (χ4n) is 2.95. The normalized spacial score (nSPS) is 10.9. The number of aromatic nitrogens is 3. The molecule has 0 saturated heterocycles. The highest BCUT2D eigenvalue weighted by molar-refractivity contribution is 7.99. The van der Waals surface area contributed by atoms with Crippen LogP contribution in [-0.4, -0.2) is 39.1 Å². The monoisotopic (exact) mass is 455 g/mol. The van der Waals surface area contributed by atoms with Crippen LogP contribution >= 0.6 is 11.8 Å². The van der Waals surface area contributed by atoms with E-state index in [2.05, 4.69) is 25.6 Å². The number of thioether (sulfide) groups is 1. The summed E-state index contributed by atoms with van der Waals surface area (Å²) in [4.78, 5) is 37.6. The average molecular weight is 456 g/mol. The predicted molar refractivity (Wildman–Crippen MR) is 131 cm³/mol. The quantitative estimate of drug-likeness (QED) is 0.171. The van der Waals surface area contributed by atoms with E-state index in [1.165, 1.54) is 6.08 Å². The van der Waals surface area contributed by atoms with Crippen LogP contribution in [0.4, 0.5) is 10.5 Å². The molecule has 0 bridgehead atoms. The van der Waals surface area contributed by atoms with E-state index in [0.717, 1.165) is 16.1 Å². The van der Waals surface area contributed by atoms with E-state index in [1.54, 1.807) is 54.5 Å². The lowest BCUT2D eigenvalue weighted by Gasteiger charge is -2.08. The lowest BCUT2D eigenvalue weighted by Crippen LogP contribution is -2.30. The van der Waals surface area contributed by atoms with Crippen molar-refractivity contribution < 1.29 is 9.59 Å². The number of pyridine rings is 1. The van der Waals surface area contributed by atoms with Crippen molar-refractivity contribution in [2.75, 3.05) is 17.6 Å². The summed E-state index contributed by atoms with van der Waals surface area (Å²) in [5.74, 6) is 0.554. The molecule has 8 heteroatoms. The molecule has 0 fully saturated rings. The molecule has 0 unspecified atom stereocenters. The van der Waals surface area contributed by atoms with Crippen molar-refractivity contribution in [2.45, 2.75) is 5.03 Å². The Kier molecular flexibility index (Phi) is 7.40. The SMILES string of the molecule is O=C(NCCSc1ccccn1)Nc1ccc(C(=O)/C=C/c2cnc3ccccc3n2)cc1. The van der Waals surface area contributed by atoms with Gasteiger partial charge in [-0.3, -0.25) is 9.78 Å². The number of benzene rings is 2. The van der Waals surface area contributed by atoms with Gasteiger partial charge in [0.2, 0.25) is 0 Å². The second-order valence-electron chi connectivity index (χ2n) is 6.96. The molecule has 2 aromatic carbocycles. The van der Waals surface area contributed by atoms with Crippen molar-refractivity contribution in [3.63, 3.8) is 0 Å². The lowest BCUT2D eigenvalue weighted by molar-refractivity contribution is 0.104. The number of ketones is 1. The Labute approximate surface area is 195 Å². The first-order chi connectivity index (χ1) is 16.2. The summed E-state index contributed by atoms with van der Waals surface area (Å²) < 4.78 is 0. The molecule has 2 amide bonds. The minimum atomic E-state index is -0.300. The number of carbonyl (C=O) groups is 2. The number of para-hydroxylation sites is 2. The number of allylic oxidation sites excluding steroid dienone is 1. The molecule has 4 aromatic rings. The summed E-state index contributed by atoms with van der Waals surface area (Å²) in [6, 6.07) is 19.7. The first kappa shape index (κ1) is 22.2. The number of nitrogens with one attached hydrogen (secondary N) is 2. The molecular formula is C25H21N5O2S. The summed E-state index contributed by atoms with van der Waals surface area (Å²) in [6.45, 7) is 0.506. The van der Waals surface area contributed by atoms with E-state index in [-0.39, 0.29) is 11.8 Å². The van der Waals surface area contributed by atoms with E-state index < -0.39 is 0 Å². The molecular weight excluding hydrogens is 434 g/mol. The van der Waals surface area contributed by atoms with Gasteiger partial charge in [-0.1, -0.05) is 18.2 Å². The molecule has 2 N–H and O–H groups in total. The Morgan fingerprint density at radius 1 is 0.909 bits per heavy atom. The third kappa shape index (κ3) is 6.47. The second kappa shape index (κ2) is 11.0. The van der Waals surface area contributed by atoms with Gasteiger partial charge in [0.05, 0.1) is 28.0 Å². The van der Waals surface area contributed by atoms with Crippen LogP contribution in [0, 0.1) is 0 Å². The largest absolute Gasteiger partial charge is 0.337 e. The number of urea groups is 1. The highest BCUT2D eigenvalue weighted by Gasteiger charge is 2.05. The van der Waals surface area contributed by atoms with Crippen LogP contribution in [0.15, 0.2) is 90.2 Å². The number of nitrogens with zero attached hydrogens (tertiary/aromatic N) is 3. The van der Waals surface area contributed by atoms with Gasteiger partial charge in [-0.2, -0.15) is 0 Å². The number of carbonyl (C=O) groups excluding carboxylic acids is 2. The summed E-state index contributed by atoms with van der Waals surface area (Å²) >= 11 is 1.57. The molecule has 164 valence electrons. The molecule has 7 nitrogen and oxygen atoms in total. The molecule has 0 radical (unpaired) electrons. The zero-order valence-corrected chi connectivity index (χ0v) is 18.5. The van der Waals surface area contributed by atoms with Gasteiger partial charge in [-0.25, -0.2) is 14.8 Å². The summed E-state index contributed by atoms with van der Waals surface area (Å²) in [6.07, 6.45) is 6.48. The predicted octanol–water partition coefficient (Wildman–Crippen LogP) is 4.83. The first-order valence-electron chi connectivity index (χ1n) is 10.3. The van der Waals surface area contributed by atoms with Crippen LogP contribution in [0.5, 0.6) is 0 Å². The fourth-order valence-corrected chi connectivity index (χ4v) is 3.68. The van der Waals surface area contributed by atoms with Crippen LogP contribution in [0.25, 0.3) is 17.1 Å². The number of hydrogen-bond acceptors (Lipinski definition) is 6. The Bertz CT molecular complexity index is 1280. The van der Waals surface area contributed by atoms with E-state index in [9.17, 15) is 9.59 Å². The second-order valence-corrected chi connectivity index (χ2v) is 8.07. The van der Waals surface area contributed by atoms with Crippen molar-refractivity contribution in [3.05, 3.63) is 96.5 Å². The first-order valence-corrected chi connectivity index (χ1v) is 11.3. The van der Waals surface area contributed by atoms with Crippen LogP contribution in [0.2, 0.25) is 0 Å². The molecule has 2 heterocycles. The van der Waals surface area contributed by atoms with Gasteiger partial charge in [0, 0.05) is 29.7 Å². The maximum absolute atomic E-state index is 12.5. The van der Waals surface area contributed by atoms with Gasteiger partial charge >= 0.3 is 6.03 Å². The van der Waals surface area contributed by atoms with E-state index in [1.807, 2.05) is 42.5 Å². The van der Waals surface area contributed by atoms with Crippen molar-refractivity contribution in [2.24, 2.45) is 0 Å². The maximum Gasteiger partial charge on any atom is 0.319 e. The summed E-state index contributed by atoms with van der Waals surface area (Å²) in [7, 11) is 0. The Morgan fingerprint density at radius 2 is 1.70 bits per heavy atom. The zero-order chi connectivity index (χ0) is 22.9. The Morgan fingerprint density at radius 3 is 2.48 bits per heavy atom. The molecule has 0 atom stereocenters. The fraction of sp³-hybridized carbons (Fsp3) is 0.0800. The standard InChI is InChI=1S/C25H21N5O2S/c31-23(13-12-20-17-28-21-5-1-2-6-22(21)29-20)18-8-10-19(11-9-18)30-25(32)27-15-16-33-24-7-3-4-14-26-24/h1-14,17H,15-16H2,(H2,27,30,32)/b13-12+. The van der Waals surface area contributed by atoms with Crippen molar-refractivity contribution in [1.82, 2.24) is 20.3 Å². The van der Waals surface area contributed by atoms with Crippen LogP contribution in [0.1, 0.15) is 16.1 Å². The van der Waals surface area contributed by atoms with Crippen LogP contribution in [-0.2, 0) is 0 Å². The average Bonchev–Trinajstić information content (AvgIpc) is 2.86. The third-order valence-corrected chi connectivity index (χ3v) is 5.52. The molecule has 0 aliphatic carbocycles. The van der Waals surface area contributed by atoms with Gasteiger partial charge in [-0.05, 0) is 60.7 Å². The van der Waals surface area contributed by atoms with Crippen molar-refractivity contribution in [3.8, 4) is 0 Å². The lowest BCUT2D eigenvalue weighted by atomic mass is 10.1. The molecule has 4 rings (SSSR count). The van der Waals surface area contributed by atoms with Gasteiger partial charge in [0.25, 0.3) is 0 Å². The number of amides is 2. The topological polar surface area (TPSA) is 96.9 Å². The van der Waals surface area contributed by atoms with E-state index in [4.69, 9.17) is 0 Å². The highest BCUT2D eigenvalue weighted by atomic mass is 32.2. The molecule has 0 aliphatic rings. The molecule has 0 spiro atoms. The molecule has 0 saturated carbocycles. The highest BCUT2D eigenvalue weighted by Crippen LogP contribution is 2.14. The third-order valence-electron chi connectivity index (χ3n) is 4.58. The molecule has 33 heavy (non-hydrogen) atoms. The van der Waals surface area contributed by atoms with Gasteiger partial charge in [0.1, 0.15) is 0 Å².